The molecule has 0 unspecified atom stereocenters. The van der Waals surface area contributed by atoms with Gasteiger partial charge < -0.3 is 19.1 Å². The molecule has 0 radical (unpaired) electrons. The highest BCUT2D eigenvalue weighted by atomic mass is 35.5. The monoisotopic (exact) mass is 566 g/mol. The zero-order valence-corrected chi connectivity index (χ0v) is 23.2. The van der Waals surface area contributed by atoms with Crippen LogP contribution >= 0.6 is 23.2 Å². The Morgan fingerprint density at radius 2 is 1.46 bits per heavy atom. The molecule has 0 fully saturated rings. The van der Waals surface area contributed by atoms with Gasteiger partial charge in [-0.05, 0) is 53.6 Å². The fourth-order valence-electron chi connectivity index (χ4n) is 3.66. The molecule has 0 bridgehead atoms. The second-order valence-electron chi connectivity index (χ2n) is 8.10. The first kappa shape index (κ1) is 28.6. The first-order chi connectivity index (χ1) is 17.6. The van der Waals surface area contributed by atoms with Crippen molar-refractivity contribution in [3.05, 3.63) is 81.8 Å². The maximum absolute atomic E-state index is 13.5. The van der Waals surface area contributed by atoms with Crippen molar-refractivity contribution < 1.29 is 27.4 Å². The number of ether oxygens (including phenoxy) is 3. The van der Waals surface area contributed by atoms with Crippen LogP contribution < -0.4 is 14.2 Å². The summed E-state index contributed by atoms with van der Waals surface area (Å²) in [5, 5.41) is 0.801. The Morgan fingerprint density at radius 1 is 0.865 bits per heavy atom. The van der Waals surface area contributed by atoms with Crippen LogP contribution in [0, 0.1) is 0 Å². The van der Waals surface area contributed by atoms with Gasteiger partial charge in [-0.25, -0.2) is 8.42 Å². The summed E-state index contributed by atoms with van der Waals surface area (Å²) < 4.78 is 44.3. The lowest BCUT2D eigenvalue weighted by Gasteiger charge is -2.26. The smallest absolute Gasteiger partial charge is 0.243 e. The van der Waals surface area contributed by atoms with Crippen molar-refractivity contribution in [2.45, 2.75) is 18.0 Å². The lowest BCUT2D eigenvalue weighted by atomic mass is 10.1. The van der Waals surface area contributed by atoms with Crippen LogP contribution in [0.4, 0.5) is 0 Å². The van der Waals surface area contributed by atoms with Crippen LogP contribution in [0.5, 0.6) is 17.2 Å². The first-order valence-electron chi connectivity index (χ1n) is 11.1. The average molecular weight is 567 g/mol. The highest BCUT2D eigenvalue weighted by Gasteiger charge is 2.29. The van der Waals surface area contributed by atoms with Crippen LogP contribution in [0.3, 0.4) is 0 Å². The molecule has 3 aromatic rings. The van der Waals surface area contributed by atoms with Crippen LogP contribution in [0.25, 0.3) is 0 Å². The number of benzene rings is 3. The van der Waals surface area contributed by atoms with Crippen molar-refractivity contribution in [1.29, 1.82) is 0 Å². The minimum atomic E-state index is -4.05. The molecular formula is C26H28Cl2N2O6S. The summed E-state index contributed by atoms with van der Waals surface area (Å²) in [7, 11) is 2.05. The molecular weight excluding hydrogens is 539 g/mol. The predicted octanol–water partition coefficient (Wildman–Crippen LogP) is 4.87. The van der Waals surface area contributed by atoms with Gasteiger partial charge in [0.1, 0.15) is 0 Å². The van der Waals surface area contributed by atoms with Gasteiger partial charge in [0.2, 0.25) is 21.7 Å². The molecule has 3 aromatic carbocycles. The van der Waals surface area contributed by atoms with Crippen molar-refractivity contribution in [2.75, 3.05) is 34.9 Å². The van der Waals surface area contributed by atoms with Gasteiger partial charge in [0.15, 0.2) is 11.5 Å². The molecule has 0 spiro atoms. The Balaban J connectivity index is 1.88. The summed E-state index contributed by atoms with van der Waals surface area (Å²) in [5.74, 6) is 0.910. The Morgan fingerprint density at radius 3 is 2.00 bits per heavy atom. The molecule has 0 atom stereocenters. The van der Waals surface area contributed by atoms with Crippen molar-refractivity contribution in [1.82, 2.24) is 9.21 Å². The number of nitrogens with zero attached hydrogens (tertiary/aromatic N) is 2. The number of hydrogen-bond acceptors (Lipinski definition) is 6. The summed E-state index contributed by atoms with van der Waals surface area (Å²) >= 11 is 12.2. The maximum atomic E-state index is 13.5. The van der Waals surface area contributed by atoms with E-state index < -0.39 is 22.5 Å². The highest BCUT2D eigenvalue weighted by molar-refractivity contribution is 7.89. The maximum Gasteiger partial charge on any atom is 0.243 e. The van der Waals surface area contributed by atoms with Crippen LogP contribution in [0.15, 0.2) is 65.6 Å². The van der Waals surface area contributed by atoms with E-state index in [-0.39, 0.29) is 18.0 Å². The van der Waals surface area contributed by atoms with E-state index in [0.717, 1.165) is 4.31 Å². The number of hydrogen-bond donors (Lipinski definition) is 0. The Kier molecular flexibility index (Phi) is 9.67. The standard InChI is InChI=1S/C26H28Cl2N2O6S/c1-29(15-18-13-23(34-2)26(36-4)24(14-18)35-3)25(31)17-30(16-19-7-5-6-8-22(19)28)37(32,33)21-11-9-20(27)10-12-21/h5-14H,15-17H2,1-4H3. The van der Waals surface area contributed by atoms with Gasteiger partial charge in [-0.1, -0.05) is 41.4 Å². The van der Waals surface area contributed by atoms with Crippen molar-refractivity contribution >= 4 is 39.1 Å². The van der Waals surface area contributed by atoms with Gasteiger partial charge in [-0.15, -0.1) is 0 Å². The van der Waals surface area contributed by atoms with E-state index in [1.807, 2.05) is 0 Å². The number of carbonyl (C=O) groups excluding carboxylic acids is 1. The van der Waals surface area contributed by atoms with Crippen molar-refractivity contribution in [3.63, 3.8) is 0 Å². The van der Waals surface area contributed by atoms with E-state index in [4.69, 9.17) is 37.4 Å². The number of methoxy groups -OCH3 is 3. The molecule has 37 heavy (non-hydrogen) atoms. The zero-order valence-electron chi connectivity index (χ0n) is 20.9. The molecule has 3 rings (SSSR count). The van der Waals surface area contributed by atoms with Crippen LogP contribution in [0.1, 0.15) is 11.1 Å². The van der Waals surface area contributed by atoms with Gasteiger partial charge in [0.25, 0.3) is 0 Å². The third-order valence-corrected chi connectivity index (χ3v) is 8.06. The highest BCUT2D eigenvalue weighted by Crippen LogP contribution is 2.38. The molecule has 11 heteroatoms. The van der Waals surface area contributed by atoms with Gasteiger partial charge in [-0.3, -0.25) is 4.79 Å². The second-order valence-corrected chi connectivity index (χ2v) is 10.9. The number of sulfonamides is 1. The van der Waals surface area contributed by atoms with Gasteiger partial charge >= 0.3 is 0 Å². The lowest BCUT2D eigenvalue weighted by molar-refractivity contribution is -0.130. The van der Waals surface area contributed by atoms with E-state index in [1.165, 1.54) is 50.5 Å². The molecule has 0 N–H and O–H groups in total. The summed E-state index contributed by atoms with van der Waals surface area (Å²) in [6.45, 7) is -0.317. The third-order valence-electron chi connectivity index (χ3n) is 5.64. The molecule has 0 aliphatic heterocycles. The Labute approximate surface area is 227 Å². The molecule has 0 saturated heterocycles. The Hall–Kier alpha value is -2.98. The van der Waals surface area contributed by atoms with E-state index in [1.54, 1.807) is 43.4 Å². The number of likely N-dealkylation sites (N-methyl/N-ethyl adjacent to an activating group) is 1. The molecule has 0 aromatic heterocycles. The van der Waals surface area contributed by atoms with Crippen molar-refractivity contribution in [2.24, 2.45) is 0 Å². The molecule has 8 nitrogen and oxygen atoms in total. The minimum Gasteiger partial charge on any atom is -0.493 e. The second kappa shape index (κ2) is 12.5. The number of amides is 1. The Bertz CT molecular complexity index is 1320. The SMILES string of the molecule is COc1cc(CN(C)C(=O)CN(Cc2ccccc2Cl)S(=O)(=O)c2ccc(Cl)cc2)cc(OC)c1OC. The van der Waals surface area contributed by atoms with E-state index in [0.29, 0.717) is 38.4 Å². The van der Waals surface area contributed by atoms with E-state index >= 15 is 0 Å². The summed E-state index contributed by atoms with van der Waals surface area (Å²) in [5.41, 5.74) is 1.28. The summed E-state index contributed by atoms with van der Waals surface area (Å²) in [6.07, 6.45) is 0. The minimum absolute atomic E-state index is 0.0176. The van der Waals surface area contributed by atoms with Crippen LogP contribution in [0.2, 0.25) is 10.0 Å². The fraction of sp³-hybridized carbons (Fsp3) is 0.269. The van der Waals surface area contributed by atoms with E-state index in [9.17, 15) is 13.2 Å². The van der Waals surface area contributed by atoms with Gasteiger partial charge in [-0.2, -0.15) is 4.31 Å². The normalized spacial score (nSPS) is 11.3. The van der Waals surface area contributed by atoms with Crippen LogP contribution in [-0.4, -0.2) is 58.5 Å². The van der Waals surface area contributed by atoms with Gasteiger partial charge in [0.05, 0.1) is 32.8 Å². The predicted molar refractivity (Wildman–Crippen MR) is 143 cm³/mol. The molecule has 0 aliphatic carbocycles. The quantitative estimate of drug-likeness (QED) is 0.329. The first-order valence-corrected chi connectivity index (χ1v) is 13.3. The summed E-state index contributed by atoms with van der Waals surface area (Å²) in [6, 6.07) is 16.1. The van der Waals surface area contributed by atoms with Crippen molar-refractivity contribution in [3.8, 4) is 17.2 Å². The topological polar surface area (TPSA) is 85.4 Å². The number of carbonyl (C=O) groups is 1. The molecule has 0 saturated carbocycles. The zero-order chi connectivity index (χ0) is 27.2. The average Bonchev–Trinajstić information content (AvgIpc) is 2.88. The molecule has 1 amide bonds. The largest absolute Gasteiger partial charge is 0.493 e. The molecule has 0 aliphatic rings. The lowest BCUT2D eigenvalue weighted by Crippen LogP contribution is -2.41. The summed E-state index contributed by atoms with van der Waals surface area (Å²) in [4.78, 5) is 14.7. The number of rotatable bonds is 11. The number of halogens is 2. The third kappa shape index (κ3) is 6.87. The fourth-order valence-corrected chi connectivity index (χ4v) is 5.35. The molecule has 0 heterocycles. The molecule has 198 valence electrons. The van der Waals surface area contributed by atoms with Crippen LogP contribution in [-0.2, 0) is 27.9 Å². The van der Waals surface area contributed by atoms with E-state index in [2.05, 4.69) is 0 Å². The van der Waals surface area contributed by atoms with Gasteiger partial charge in [0, 0.05) is 30.2 Å².